The Morgan fingerprint density at radius 2 is 2.35 bits per heavy atom. The molecule has 2 heterocycles. The highest BCUT2D eigenvalue weighted by Crippen LogP contribution is 2.12. The monoisotopic (exact) mass is 236 g/mol. The average molecular weight is 236 g/mol. The molecule has 0 amide bonds. The van der Waals surface area contributed by atoms with E-state index in [2.05, 4.69) is 10.3 Å². The number of aromatic nitrogens is 2. The summed E-state index contributed by atoms with van der Waals surface area (Å²) in [4.78, 5) is 18.5. The van der Waals surface area contributed by atoms with Crippen molar-refractivity contribution >= 4 is 5.82 Å². The molecule has 0 bridgehead atoms. The summed E-state index contributed by atoms with van der Waals surface area (Å²) >= 11 is 0. The summed E-state index contributed by atoms with van der Waals surface area (Å²) in [7, 11) is 1.95. The minimum Gasteiger partial charge on any atom is -0.351 e. The first-order valence-corrected chi connectivity index (χ1v) is 6.12. The van der Waals surface area contributed by atoms with Gasteiger partial charge in [0.2, 0.25) is 0 Å². The van der Waals surface area contributed by atoms with E-state index in [1.54, 1.807) is 17.0 Å². The topological polar surface area (TPSA) is 50.2 Å². The van der Waals surface area contributed by atoms with Crippen LogP contribution in [0.5, 0.6) is 0 Å². The molecule has 1 aromatic heterocycles. The Morgan fingerprint density at radius 1 is 1.59 bits per heavy atom. The van der Waals surface area contributed by atoms with Crippen LogP contribution in [0.15, 0.2) is 17.2 Å². The van der Waals surface area contributed by atoms with E-state index < -0.39 is 0 Å². The van der Waals surface area contributed by atoms with Gasteiger partial charge in [-0.2, -0.15) is 0 Å². The van der Waals surface area contributed by atoms with Crippen LogP contribution in [0.4, 0.5) is 5.82 Å². The maximum Gasteiger partial charge on any atom is 0.293 e. The predicted molar refractivity (Wildman–Crippen MR) is 68.6 cm³/mol. The Bertz CT molecular complexity index is 434. The van der Waals surface area contributed by atoms with E-state index >= 15 is 0 Å². The van der Waals surface area contributed by atoms with Crippen molar-refractivity contribution in [2.45, 2.75) is 32.4 Å². The van der Waals surface area contributed by atoms with Crippen LogP contribution in [0.3, 0.4) is 0 Å². The summed E-state index contributed by atoms with van der Waals surface area (Å²) in [6.45, 7) is 5.94. The van der Waals surface area contributed by atoms with Crippen molar-refractivity contribution in [3.8, 4) is 0 Å². The maximum atomic E-state index is 12.2. The second-order valence-corrected chi connectivity index (χ2v) is 4.81. The number of nitrogens with one attached hydrogen (secondary N) is 1. The maximum absolute atomic E-state index is 12.2. The molecule has 0 radical (unpaired) electrons. The molecule has 5 heteroatoms. The number of nitrogens with zero attached hydrogens (tertiary/aromatic N) is 3. The smallest absolute Gasteiger partial charge is 0.293 e. The van der Waals surface area contributed by atoms with Crippen LogP contribution in [-0.2, 0) is 0 Å². The molecule has 1 aromatic rings. The van der Waals surface area contributed by atoms with Gasteiger partial charge in [0.05, 0.1) is 0 Å². The highest BCUT2D eigenvalue weighted by atomic mass is 16.1. The lowest BCUT2D eigenvalue weighted by Crippen LogP contribution is -2.39. The fourth-order valence-corrected chi connectivity index (χ4v) is 2.21. The molecular weight excluding hydrogens is 216 g/mol. The van der Waals surface area contributed by atoms with Crippen molar-refractivity contribution in [2.75, 3.05) is 25.0 Å². The Hall–Kier alpha value is -1.36. The molecule has 17 heavy (non-hydrogen) atoms. The molecule has 1 unspecified atom stereocenters. The third-order valence-corrected chi connectivity index (χ3v) is 3.32. The van der Waals surface area contributed by atoms with Gasteiger partial charge in [0.25, 0.3) is 5.56 Å². The van der Waals surface area contributed by atoms with Crippen LogP contribution < -0.4 is 15.8 Å². The number of anilines is 1. The van der Waals surface area contributed by atoms with Crippen LogP contribution in [0.1, 0.15) is 26.3 Å². The van der Waals surface area contributed by atoms with Gasteiger partial charge in [-0.25, -0.2) is 4.98 Å². The van der Waals surface area contributed by atoms with Crippen LogP contribution >= 0.6 is 0 Å². The molecule has 0 aromatic carbocycles. The molecule has 1 saturated heterocycles. The van der Waals surface area contributed by atoms with Gasteiger partial charge in [-0.3, -0.25) is 4.79 Å². The summed E-state index contributed by atoms with van der Waals surface area (Å²) < 4.78 is 1.72. The van der Waals surface area contributed by atoms with Crippen LogP contribution in [0, 0.1) is 0 Å². The zero-order chi connectivity index (χ0) is 12.4. The standard InChI is InChI=1S/C12H20N4O/c1-9(2)16-7-6-14-11(12(16)17)15(3)10-4-5-13-8-10/h6-7,9-10,13H,4-5,8H2,1-3H3. The molecule has 2 rings (SSSR count). The fourth-order valence-electron chi connectivity index (χ4n) is 2.21. The Labute approximate surface area is 101 Å². The summed E-state index contributed by atoms with van der Waals surface area (Å²) in [5.41, 5.74) is -0.00287. The molecule has 1 aliphatic rings. The van der Waals surface area contributed by atoms with Gasteiger partial charge in [0.15, 0.2) is 5.82 Å². The van der Waals surface area contributed by atoms with Crippen LogP contribution in [-0.4, -0.2) is 35.7 Å². The van der Waals surface area contributed by atoms with Crippen LogP contribution in [0.25, 0.3) is 0 Å². The van der Waals surface area contributed by atoms with E-state index in [0.29, 0.717) is 11.9 Å². The zero-order valence-corrected chi connectivity index (χ0v) is 10.7. The second-order valence-electron chi connectivity index (χ2n) is 4.81. The third kappa shape index (κ3) is 2.34. The second kappa shape index (κ2) is 4.87. The van der Waals surface area contributed by atoms with Crippen molar-refractivity contribution in [2.24, 2.45) is 0 Å². The van der Waals surface area contributed by atoms with Gasteiger partial charge in [0.1, 0.15) is 0 Å². The third-order valence-electron chi connectivity index (χ3n) is 3.32. The van der Waals surface area contributed by atoms with Crippen molar-refractivity contribution in [1.82, 2.24) is 14.9 Å². The summed E-state index contributed by atoms with van der Waals surface area (Å²) in [5.74, 6) is 0.551. The van der Waals surface area contributed by atoms with Gasteiger partial charge in [-0.05, 0) is 26.8 Å². The van der Waals surface area contributed by atoms with Gasteiger partial charge in [-0.15, -0.1) is 0 Å². The Balaban J connectivity index is 2.32. The van der Waals surface area contributed by atoms with E-state index in [-0.39, 0.29) is 11.6 Å². The first kappa shape index (κ1) is 12.1. The first-order chi connectivity index (χ1) is 8.11. The minimum absolute atomic E-state index is 0.00287. The van der Waals surface area contributed by atoms with Crippen molar-refractivity contribution in [1.29, 1.82) is 0 Å². The Kier molecular flexibility index (Phi) is 3.47. The molecule has 1 N–H and O–H groups in total. The van der Waals surface area contributed by atoms with E-state index in [9.17, 15) is 4.79 Å². The number of rotatable bonds is 3. The van der Waals surface area contributed by atoms with Crippen LogP contribution in [0.2, 0.25) is 0 Å². The summed E-state index contributed by atoms with van der Waals surface area (Å²) in [5, 5.41) is 3.30. The molecule has 0 aliphatic carbocycles. The van der Waals surface area contributed by atoms with Crippen molar-refractivity contribution in [3.63, 3.8) is 0 Å². The quantitative estimate of drug-likeness (QED) is 0.836. The number of hydrogen-bond donors (Lipinski definition) is 1. The van der Waals surface area contributed by atoms with Gasteiger partial charge in [0, 0.05) is 38.1 Å². The molecule has 5 nitrogen and oxygen atoms in total. The number of hydrogen-bond acceptors (Lipinski definition) is 4. The molecular formula is C12H20N4O. The van der Waals surface area contributed by atoms with E-state index in [4.69, 9.17) is 0 Å². The van der Waals surface area contributed by atoms with E-state index in [1.807, 2.05) is 25.8 Å². The summed E-state index contributed by atoms with van der Waals surface area (Å²) in [6, 6.07) is 0.539. The molecule has 1 aliphatic heterocycles. The largest absolute Gasteiger partial charge is 0.351 e. The molecule has 1 atom stereocenters. The molecule has 0 saturated carbocycles. The molecule has 94 valence electrons. The normalized spacial score (nSPS) is 19.9. The molecule has 1 fully saturated rings. The lowest BCUT2D eigenvalue weighted by Gasteiger charge is -2.24. The van der Waals surface area contributed by atoms with Gasteiger partial charge >= 0.3 is 0 Å². The van der Waals surface area contributed by atoms with Crippen molar-refractivity contribution in [3.05, 3.63) is 22.7 Å². The van der Waals surface area contributed by atoms with E-state index in [1.165, 1.54) is 0 Å². The van der Waals surface area contributed by atoms with Gasteiger partial charge < -0.3 is 14.8 Å². The first-order valence-electron chi connectivity index (χ1n) is 6.12. The van der Waals surface area contributed by atoms with E-state index in [0.717, 1.165) is 19.5 Å². The lowest BCUT2D eigenvalue weighted by molar-refractivity contribution is 0.567. The Morgan fingerprint density at radius 3 is 2.94 bits per heavy atom. The number of likely N-dealkylation sites (N-methyl/N-ethyl adjacent to an activating group) is 1. The molecule has 0 spiro atoms. The minimum atomic E-state index is -0.00287. The fraction of sp³-hybridized carbons (Fsp3) is 0.667. The highest BCUT2D eigenvalue weighted by molar-refractivity contribution is 5.36. The summed E-state index contributed by atoms with van der Waals surface area (Å²) in [6.07, 6.45) is 4.51. The lowest BCUT2D eigenvalue weighted by atomic mass is 10.2. The van der Waals surface area contributed by atoms with Gasteiger partial charge in [-0.1, -0.05) is 0 Å². The SMILES string of the molecule is CC(C)n1ccnc(N(C)C2CCNC2)c1=O. The van der Waals surface area contributed by atoms with Crippen molar-refractivity contribution < 1.29 is 0 Å². The highest BCUT2D eigenvalue weighted by Gasteiger charge is 2.22. The predicted octanol–water partition coefficient (Wildman–Crippen LogP) is 0.622. The average Bonchev–Trinajstić information content (AvgIpc) is 2.81. The zero-order valence-electron chi connectivity index (χ0n) is 10.7.